The first kappa shape index (κ1) is 20.4. The third-order valence-electron chi connectivity index (χ3n) is 4.16. The number of rotatable bonds is 7. The summed E-state index contributed by atoms with van der Waals surface area (Å²) in [5, 5.41) is 14.3. The first-order valence-electron chi connectivity index (χ1n) is 8.89. The summed E-state index contributed by atoms with van der Waals surface area (Å²) in [6.07, 6.45) is 3.24. The highest BCUT2D eigenvalue weighted by Gasteiger charge is 2.44. The third-order valence-corrected chi connectivity index (χ3v) is 4.40. The van der Waals surface area contributed by atoms with Gasteiger partial charge < -0.3 is 14.8 Å². The number of nitrogens with one attached hydrogen (secondary N) is 2. The molecule has 1 aromatic carbocycles. The highest BCUT2D eigenvalue weighted by Crippen LogP contribution is 2.40. The van der Waals surface area contributed by atoms with E-state index in [1.165, 1.54) is 12.4 Å². The van der Waals surface area contributed by atoms with Crippen molar-refractivity contribution in [3.63, 3.8) is 0 Å². The van der Waals surface area contributed by atoms with Crippen molar-refractivity contribution < 1.29 is 19.1 Å². The molecule has 1 fully saturated rings. The van der Waals surface area contributed by atoms with E-state index >= 15 is 0 Å². The second kappa shape index (κ2) is 9.21. The van der Waals surface area contributed by atoms with Crippen molar-refractivity contribution in [2.45, 2.75) is 13.3 Å². The number of aromatic nitrogens is 2. The topological polar surface area (TPSA) is 126 Å². The van der Waals surface area contributed by atoms with Crippen LogP contribution in [0.25, 0.3) is 0 Å². The van der Waals surface area contributed by atoms with Crippen molar-refractivity contribution in [2.75, 3.05) is 23.8 Å². The maximum atomic E-state index is 12.2. The van der Waals surface area contributed by atoms with Gasteiger partial charge in [0.1, 0.15) is 11.8 Å². The zero-order chi connectivity index (χ0) is 20.8. The Hall–Kier alpha value is -3.38. The molecule has 0 aliphatic heterocycles. The van der Waals surface area contributed by atoms with Crippen LogP contribution < -0.4 is 15.4 Å². The van der Waals surface area contributed by atoms with Gasteiger partial charge in [-0.15, -0.1) is 0 Å². The van der Waals surface area contributed by atoms with Crippen LogP contribution in [0.3, 0.4) is 0 Å². The quantitative estimate of drug-likeness (QED) is 0.664. The number of halogens is 1. The van der Waals surface area contributed by atoms with Gasteiger partial charge in [0.15, 0.2) is 11.5 Å². The molecular weight excluding hydrogens is 398 g/mol. The summed E-state index contributed by atoms with van der Waals surface area (Å²) in [4.78, 5) is 31.7. The standard InChI is InChI=1S/C19H18ClN5O4/c1-2-28-18(26)14-5-11(14)10-29-16-4-3-12(20)6-15(16)24-19(27)25-17-9-22-13(7-21)8-23-17/h3-4,6,8-9,11,14H,2,5,10H2,1H3,(H2,23,24,25,27). The van der Waals surface area contributed by atoms with Crippen LogP contribution >= 0.6 is 11.6 Å². The Balaban J connectivity index is 1.59. The first-order chi connectivity index (χ1) is 14.0. The van der Waals surface area contributed by atoms with Gasteiger partial charge in [-0.1, -0.05) is 11.6 Å². The summed E-state index contributed by atoms with van der Waals surface area (Å²) >= 11 is 6.03. The fraction of sp³-hybridized carbons (Fsp3) is 0.316. The number of anilines is 2. The van der Waals surface area contributed by atoms with Crippen LogP contribution in [0.1, 0.15) is 19.0 Å². The maximum Gasteiger partial charge on any atom is 0.325 e. The lowest BCUT2D eigenvalue weighted by molar-refractivity contribution is -0.145. The van der Waals surface area contributed by atoms with E-state index in [2.05, 4.69) is 20.6 Å². The van der Waals surface area contributed by atoms with Crippen LogP contribution in [0.2, 0.25) is 5.02 Å². The highest BCUT2D eigenvalue weighted by atomic mass is 35.5. The number of carbonyl (C=O) groups excluding carboxylic acids is 2. The third kappa shape index (κ3) is 5.56. The maximum absolute atomic E-state index is 12.2. The van der Waals surface area contributed by atoms with Gasteiger partial charge in [-0.3, -0.25) is 10.1 Å². The molecule has 3 rings (SSSR count). The van der Waals surface area contributed by atoms with Crippen molar-refractivity contribution in [3.05, 3.63) is 41.3 Å². The first-order valence-corrected chi connectivity index (χ1v) is 9.27. The molecule has 1 saturated carbocycles. The van der Waals surface area contributed by atoms with Crippen molar-refractivity contribution in [3.8, 4) is 11.8 Å². The molecule has 150 valence electrons. The van der Waals surface area contributed by atoms with Gasteiger partial charge in [-0.2, -0.15) is 5.26 Å². The minimum absolute atomic E-state index is 0.0836. The van der Waals surface area contributed by atoms with Crippen LogP contribution in [0, 0.1) is 23.2 Å². The molecule has 2 amide bonds. The summed E-state index contributed by atoms with van der Waals surface area (Å²) < 4.78 is 10.8. The van der Waals surface area contributed by atoms with E-state index in [9.17, 15) is 9.59 Å². The summed E-state index contributed by atoms with van der Waals surface area (Å²) in [7, 11) is 0. The Labute approximate surface area is 172 Å². The monoisotopic (exact) mass is 415 g/mol. The molecule has 2 N–H and O–H groups in total. The summed E-state index contributed by atoms with van der Waals surface area (Å²) in [5.41, 5.74) is 0.507. The number of ether oxygens (including phenoxy) is 2. The number of nitriles is 1. The number of urea groups is 1. The molecule has 0 spiro atoms. The summed E-state index contributed by atoms with van der Waals surface area (Å²) in [5.74, 6) is 0.335. The smallest absolute Gasteiger partial charge is 0.325 e. The minimum Gasteiger partial charge on any atom is -0.491 e. The van der Waals surface area contributed by atoms with Crippen LogP contribution in [0.15, 0.2) is 30.6 Å². The average molecular weight is 416 g/mol. The molecule has 1 aliphatic rings. The lowest BCUT2D eigenvalue weighted by Crippen LogP contribution is -2.21. The number of nitrogens with zero attached hydrogens (tertiary/aromatic N) is 3. The molecule has 1 heterocycles. The van der Waals surface area contributed by atoms with Crippen LogP contribution in [0.5, 0.6) is 5.75 Å². The Bertz CT molecular complexity index is 945. The van der Waals surface area contributed by atoms with Crippen molar-refractivity contribution in [2.24, 2.45) is 11.8 Å². The molecular formula is C19H18ClN5O4. The van der Waals surface area contributed by atoms with Crippen molar-refractivity contribution >= 4 is 35.1 Å². The predicted molar refractivity (Wildman–Crippen MR) is 105 cm³/mol. The lowest BCUT2D eigenvalue weighted by atomic mass is 10.3. The van der Waals surface area contributed by atoms with Crippen LogP contribution in [-0.2, 0) is 9.53 Å². The fourth-order valence-corrected chi connectivity index (χ4v) is 2.78. The van der Waals surface area contributed by atoms with Gasteiger partial charge in [0.05, 0.1) is 37.2 Å². The van der Waals surface area contributed by atoms with Crippen LogP contribution in [-0.4, -0.2) is 35.2 Å². The number of esters is 1. The number of carbonyl (C=O) groups is 2. The molecule has 2 aromatic rings. The summed E-state index contributed by atoms with van der Waals surface area (Å²) in [6.45, 7) is 2.45. The largest absolute Gasteiger partial charge is 0.491 e. The Morgan fingerprint density at radius 1 is 1.31 bits per heavy atom. The van der Waals surface area contributed by atoms with E-state index < -0.39 is 6.03 Å². The van der Waals surface area contributed by atoms with E-state index in [0.29, 0.717) is 36.1 Å². The Kier molecular flexibility index (Phi) is 6.46. The molecule has 0 radical (unpaired) electrons. The normalized spacial score (nSPS) is 17.0. The minimum atomic E-state index is -0.577. The van der Waals surface area contributed by atoms with E-state index in [1.54, 1.807) is 25.1 Å². The van der Waals surface area contributed by atoms with Gasteiger partial charge >= 0.3 is 12.0 Å². The molecule has 29 heavy (non-hydrogen) atoms. The summed E-state index contributed by atoms with van der Waals surface area (Å²) in [6, 6.07) is 6.10. The van der Waals surface area contributed by atoms with E-state index in [0.717, 1.165) is 0 Å². The van der Waals surface area contributed by atoms with Crippen molar-refractivity contribution in [1.29, 1.82) is 5.26 Å². The predicted octanol–water partition coefficient (Wildman–Crippen LogP) is 3.22. The fourth-order valence-electron chi connectivity index (χ4n) is 2.61. The molecule has 0 saturated heterocycles. The van der Waals surface area contributed by atoms with Gasteiger partial charge in [-0.05, 0) is 31.5 Å². The van der Waals surface area contributed by atoms with E-state index in [-0.39, 0.29) is 29.3 Å². The van der Waals surface area contributed by atoms with Gasteiger partial charge in [-0.25, -0.2) is 14.8 Å². The van der Waals surface area contributed by atoms with Gasteiger partial charge in [0, 0.05) is 10.9 Å². The number of amides is 2. The molecule has 1 aliphatic carbocycles. The molecule has 10 heteroatoms. The van der Waals surface area contributed by atoms with E-state index in [4.69, 9.17) is 26.3 Å². The number of hydrogen-bond acceptors (Lipinski definition) is 7. The zero-order valence-electron chi connectivity index (χ0n) is 15.5. The van der Waals surface area contributed by atoms with Crippen LogP contribution in [0.4, 0.5) is 16.3 Å². The number of hydrogen-bond donors (Lipinski definition) is 2. The van der Waals surface area contributed by atoms with Gasteiger partial charge in [0.2, 0.25) is 0 Å². The average Bonchev–Trinajstić information content (AvgIpc) is 3.48. The van der Waals surface area contributed by atoms with Gasteiger partial charge in [0.25, 0.3) is 0 Å². The Morgan fingerprint density at radius 3 is 2.83 bits per heavy atom. The molecule has 1 aromatic heterocycles. The lowest BCUT2D eigenvalue weighted by Gasteiger charge is -2.13. The molecule has 2 atom stereocenters. The number of benzene rings is 1. The van der Waals surface area contributed by atoms with E-state index in [1.807, 2.05) is 6.07 Å². The molecule has 0 bridgehead atoms. The second-order valence-corrected chi connectivity index (χ2v) is 6.72. The SMILES string of the molecule is CCOC(=O)C1CC1COc1ccc(Cl)cc1NC(=O)Nc1cnc(C#N)cn1. The highest BCUT2D eigenvalue weighted by molar-refractivity contribution is 6.31. The molecule has 2 unspecified atom stereocenters. The zero-order valence-corrected chi connectivity index (χ0v) is 16.3. The van der Waals surface area contributed by atoms with Crippen molar-refractivity contribution in [1.82, 2.24) is 9.97 Å². The molecule has 9 nitrogen and oxygen atoms in total. The Morgan fingerprint density at radius 2 is 2.14 bits per heavy atom. The second-order valence-electron chi connectivity index (χ2n) is 6.28.